The number of piperidine rings is 1. The summed E-state index contributed by atoms with van der Waals surface area (Å²) in [6.07, 6.45) is 13.0. The van der Waals surface area contributed by atoms with Crippen LogP contribution < -0.4 is 0 Å². The Morgan fingerprint density at radius 3 is 2.59 bits per heavy atom. The molecule has 0 aromatic rings. The van der Waals surface area contributed by atoms with Crippen LogP contribution in [0.5, 0.6) is 0 Å². The Hall–Kier alpha value is -0.460. The number of nitrogens with zero attached hydrogens (tertiary/aromatic N) is 2. The second kappa shape index (κ2) is 13.1. The van der Waals surface area contributed by atoms with E-state index in [2.05, 4.69) is 16.4 Å². The van der Waals surface area contributed by atoms with Crippen LogP contribution in [0.3, 0.4) is 0 Å². The smallest absolute Gasteiger partial charge is 0.0702 e. The molecule has 0 spiro atoms. The van der Waals surface area contributed by atoms with Gasteiger partial charge in [0.2, 0.25) is 0 Å². The lowest BCUT2D eigenvalue weighted by atomic mass is 9.85. The molecule has 5 heteroatoms. The molecule has 2 aliphatic heterocycles. The molecule has 0 bridgehead atoms. The van der Waals surface area contributed by atoms with Gasteiger partial charge in [0.1, 0.15) is 0 Å². The fourth-order valence-electron chi connectivity index (χ4n) is 5.40. The number of likely N-dealkylation sites (tertiary alicyclic amines) is 1. The molecule has 0 radical (unpaired) electrons. The van der Waals surface area contributed by atoms with Crippen LogP contribution in [0.15, 0.2) is 12.7 Å². The van der Waals surface area contributed by atoms with E-state index in [1.807, 2.05) is 6.08 Å². The van der Waals surface area contributed by atoms with Crippen molar-refractivity contribution in [3.63, 3.8) is 0 Å². The maximum atomic E-state index is 6.16. The van der Waals surface area contributed by atoms with Crippen LogP contribution in [0.2, 0.25) is 0 Å². The van der Waals surface area contributed by atoms with E-state index in [-0.39, 0.29) is 0 Å². The number of methoxy groups -OCH3 is 1. The van der Waals surface area contributed by atoms with Crippen molar-refractivity contribution in [1.82, 2.24) is 9.80 Å². The Labute approximate surface area is 178 Å². The monoisotopic (exact) mass is 408 g/mol. The number of ether oxygens (including phenoxy) is 3. The predicted molar refractivity (Wildman–Crippen MR) is 118 cm³/mol. The summed E-state index contributed by atoms with van der Waals surface area (Å²) in [4.78, 5) is 5.30. The molecule has 3 rings (SSSR count). The minimum Gasteiger partial charge on any atom is -0.383 e. The molecule has 2 heterocycles. The average Bonchev–Trinajstić information content (AvgIpc) is 3.25. The maximum Gasteiger partial charge on any atom is 0.0702 e. The third-order valence-electron chi connectivity index (χ3n) is 7.08. The van der Waals surface area contributed by atoms with E-state index in [4.69, 9.17) is 14.2 Å². The largest absolute Gasteiger partial charge is 0.383 e. The number of hydrogen-bond donors (Lipinski definition) is 0. The van der Waals surface area contributed by atoms with Gasteiger partial charge in [-0.05, 0) is 63.5 Å². The van der Waals surface area contributed by atoms with E-state index in [1.165, 1.54) is 77.5 Å². The first-order valence-corrected chi connectivity index (χ1v) is 12.1. The van der Waals surface area contributed by atoms with E-state index < -0.39 is 0 Å². The molecule has 0 amide bonds. The fraction of sp³-hybridized carbons (Fsp3) is 0.917. The summed E-state index contributed by atoms with van der Waals surface area (Å²) in [5, 5.41) is 0. The lowest BCUT2D eigenvalue weighted by molar-refractivity contribution is -0.0192. The fourth-order valence-corrected chi connectivity index (χ4v) is 5.40. The lowest BCUT2D eigenvalue weighted by Crippen LogP contribution is -2.45. The van der Waals surface area contributed by atoms with Crippen molar-refractivity contribution in [2.75, 3.05) is 66.2 Å². The number of rotatable bonds is 12. The highest BCUT2D eigenvalue weighted by atomic mass is 16.5. The average molecular weight is 409 g/mol. The summed E-state index contributed by atoms with van der Waals surface area (Å²) in [7, 11) is 1.80. The Morgan fingerprint density at radius 1 is 1.03 bits per heavy atom. The van der Waals surface area contributed by atoms with Crippen LogP contribution in [-0.2, 0) is 14.2 Å². The van der Waals surface area contributed by atoms with E-state index >= 15 is 0 Å². The van der Waals surface area contributed by atoms with Gasteiger partial charge in [0.15, 0.2) is 0 Å². The summed E-state index contributed by atoms with van der Waals surface area (Å²) >= 11 is 0. The molecule has 5 nitrogen and oxygen atoms in total. The summed E-state index contributed by atoms with van der Waals surface area (Å²) < 4.78 is 17.4. The molecular formula is C24H44N2O3. The van der Waals surface area contributed by atoms with Crippen LogP contribution in [0.4, 0.5) is 0 Å². The molecule has 2 saturated heterocycles. The van der Waals surface area contributed by atoms with Crippen LogP contribution >= 0.6 is 0 Å². The van der Waals surface area contributed by atoms with Crippen LogP contribution in [0.1, 0.15) is 51.4 Å². The molecule has 0 aromatic heterocycles. The standard InChI is InChI=1S/C24H44N2O3/c1-3-15-29-24-9-5-4-7-22(24)19-26(20-23-8-6-16-28-23)18-21-10-12-25(13-11-21)14-17-27-2/h3,21-24H,1,4-20H2,2H3. The predicted octanol–water partition coefficient (Wildman–Crippen LogP) is 3.59. The van der Waals surface area contributed by atoms with E-state index in [9.17, 15) is 0 Å². The summed E-state index contributed by atoms with van der Waals surface area (Å²) in [6, 6.07) is 0. The Morgan fingerprint density at radius 2 is 1.86 bits per heavy atom. The van der Waals surface area contributed by atoms with E-state index in [0.717, 1.165) is 32.2 Å². The van der Waals surface area contributed by atoms with Gasteiger partial charge < -0.3 is 24.0 Å². The molecule has 0 N–H and O–H groups in total. The third kappa shape index (κ3) is 7.95. The van der Waals surface area contributed by atoms with Crippen molar-refractivity contribution in [3.8, 4) is 0 Å². The van der Waals surface area contributed by atoms with Crippen molar-refractivity contribution >= 4 is 0 Å². The van der Waals surface area contributed by atoms with Gasteiger partial charge in [-0.2, -0.15) is 0 Å². The third-order valence-corrected chi connectivity index (χ3v) is 7.08. The Bertz CT molecular complexity index is 447. The van der Waals surface area contributed by atoms with Gasteiger partial charge in [0.25, 0.3) is 0 Å². The zero-order valence-electron chi connectivity index (χ0n) is 18.7. The van der Waals surface area contributed by atoms with Gasteiger partial charge in [0.05, 0.1) is 25.4 Å². The zero-order valence-corrected chi connectivity index (χ0v) is 18.7. The summed E-state index contributed by atoms with van der Waals surface area (Å²) in [5.74, 6) is 1.47. The van der Waals surface area contributed by atoms with Crippen LogP contribution in [0.25, 0.3) is 0 Å². The normalized spacial score (nSPS) is 29.5. The van der Waals surface area contributed by atoms with Crippen molar-refractivity contribution in [3.05, 3.63) is 12.7 Å². The highest BCUT2D eigenvalue weighted by Gasteiger charge is 2.30. The minimum atomic E-state index is 0.407. The summed E-state index contributed by atoms with van der Waals surface area (Å²) in [5.41, 5.74) is 0. The van der Waals surface area contributed by atoms with Crippen LogP contribution in [0, 0.1) is 11.8 Å². The molecule has 3 unspecified atom stereocenters. The highest BCUT2D eigenvalue weighted by molar-refractivity contribution is 4.84. The second-order valence-electron chi connectivity index (χ2n) is 9.34. The molecule has 1 saturated carbocycles. The topological polar surface area (TPSA) is 34.2 Å². The van der Waals surface area contributed by atoms with Crippen LogP contribution in [-0.4, -0.2) is 88.2 Å². The Kier molecular flexibility index (Phi) is 10.5. The van der Waals surface area contributed by atoms with Gasteiger partial charge >= 0.3 is 0 Å². The van der Waals surface area contributed by atoms with Gasteiger partial charge in [-0.25, -0.2) is 0 Å². The maximum absolute atomic E-state index is 6.16. The second-order valence-corrected chi connectivity index (χ2v) is 9.34. The molecule has 1 aliphatic carbocycles. The molecule has 3 aliphatic rings. The minimum absolute atomic E-state index is 0.407. The van der Waals surface area contributed by atoms with Crippen molar-refractivity contribution < 1.29 is 14.2 Å². The SMILES string of the molecule is C=CCOC1CCCCC1CN(CC1CCN(CCOC)CC1)CC1CCCO1. The number of hydrogen-bond acceptors (Lipinski definition) is 5. The first-order valence-electron chi connectivity index (χ1n) is 12.1. The first-order chi connectivity index (χ1) is 14.3. The molecular weight excluding hydrogens is 364 g/mol. The summed E-state index contributed by atoms with van der Waals surface area (Å²) in [6.45, 7) is 13.3. The highest BCUT2D eigenvalue weighted by Crippen LogP contribution is 2.29. The zero-order chi connectivity index (χ0) is 20.3. The molecule has 3 atom stereocenters. The van der Waals surface area contributed by atoms with Gasteiger partial charge in [-0.1, -0.05) is 18.9 Å². The van der Waals surface area contributed by atoms with Crippen molar-refractivity contribution in [2.45, 2.75) is 63.6 Å². The van der Waals surface area contributed by atoms with E-state index in [0.29, 0.717) is 24.7 Å². The quantitative estimate of drug-likeness (QED) is 0.461. The van der Waals surface area contributed by atoms with Gasteiger partial charge in [0, 0.05) is 39.9 Å². The Balaban J connectivity index is 1.52. The lowest BCUT2D eigenvalue weighted by Gasteiger charge is -2.39. The molecule has 0 aromatic carbocycles. The van der Waals surface area contributed by atoms with Gasteiger partial charge in [-0.15, -0.1) is 6.58 Å². The van der Waals surface area contributed by atoms with E-state index in [1.54, 1.807) is 7.11 Å². The molecule has 3 fully saturated rings. The van der Waals surface area contributed by atoms with Gasteiger partial charge in [-0.3, -0.25) is 0 Å². The molecule has 29 heavy (non-hydrogen) atoms. The molecule has 168 valence electrons. The van der Waals surface area contributed by atoms with Crippen molar-refractivity contribution in [2.24, 2.45) is 11.8 Å². The first kappa shape index (κ1) is 23.2. The van der Waals surface area contributed by atoms with Crippen molar-refractivity contribution in [1.29, 1.82) is 0 Å².